The second-order valence-electron chi connectivity index (χ2n) is 6.01. The lowest BCUT2D eigenvalue weighted by Crippen LogP contribution is -2.47. The molecule has 0 spiro atoms. The highest BCUT2D eigenvalue weighted by molar-refractivity contribution is 5.82. The summed E-state index contributed by atoms with van der Waals surface area (Å²) < 4.78 is 5.41. The van der Waals surface area contributed by atoms with Crippen LogP contribution in [0.2, 0.25) is 0 Å². The maximum Gasteiger partial charge on any atom is 0.306 e. The Balaban J connectivity index is 1.56. The van der Waals surface area contributed by atoms with Gasteiger partial charge in [-0.1, -0.05) is 12.8 Å². The van der Waals surface area contributed by atoms with Crippen LogP contribution in [0.5, 0.6) is 0 Å². The Labute approximate surface area is 112 Å². The smallest absolute Gasteiger partial charge is 0.306 e. The first kappa shape index (κ1) is 12.9. The molecule has 1 saturated heterocycles. The monoisotopic (exact) mass is 267 g/mol. The zero-order valence-electron chi connectivity index (χ0n) is 11.1. The van der Waals surface area contributed by atoms with E-state index in [2.05, 4.69) is 0 Å². The molecular formula is C14H21NO4. The fraction of sp³-hybridized carbons (Fsp3) is 0.857. The average Bonchev–Trinajstić information content (AvgIpc) is 3.11. The van der Waals surface area contributed by atoms with E-state index in [0.29, 0.717) is 31.5 Å². The van der Waals surface area contributed by atoms with Gasteiger partial charge in [0.15, 0.2) is 0 Å². The summed E-state index contributed by atoms with van der Waals surface area (Å²) in [6, 6.07) is 0. The molecule has 5 nitrogen and oxygen atoms in total. The number of rotatable bonds is 3. The number of carbonyl (C=O) groups excluding carboxylic acids is 1. The SMILES string of the molecule is O=C(O)C[C@@H]1CN(C(=O)C2[C@H]3CCCC[C@H]23)CCO1. The molecule has 106 valence electrons. The van der Waals surface area contributed by atoms with E-state index in [4.69, 9.17) is 9.84 Å². The lowest BCUT2D eigenvalue weighted by Gasteiger charge is -2.32. The summed E-state index contributed by atoms with van der Waals surface area (Å²) >= 11 is 0. The quantitative estimate of drug-likeness (QED) is 0.832. The minimum atomic E-state index is -0.862. The van der Waals surface area contributed by atoms with Crippen molar-refractivity contribution in [3.8, 4) is 0 Å². The number of carboxylic acid groups (broad SMARTS) is 1. The van der Waals surface area contributed by atoms with Gasteiger partial charge in [0, 0.05) is 19.0 Å². The Morgan fingerprint density at radius 3 is 2.53 bits per heavy atom. The van der Waals surface area contributed by atoms with E-state index in [1.807, 2.05) is 4.90 Å². The molecule has 5 heteroatoms. The second kappa shape index (κ2) is 5.12. The lowest BCUT2D eigenvalue weighted by molar-refractivity contribution is -0.148. The molecule has 19 heavy (non-hydrogen) atoms. The third kappa shape index (κ3) is 2.61. The maximum atomic E-state index is 12.5. The van der Waals surface area contributed by atoms with Crippen LogP contribution in [0.25, 0.3) is 0 Å². The summed E-state index contributed by atoms with van der Waals surface area (Å²) in [5.41, 5.74) is 0. The summed E-state index contributed by atoms with van der Waals surface area (Å²) in [5, 5.41) is 8.80. The summed E-state index contributed by atoms with van der Waals surface area (Å²) in [4.78, 5) is 25.0. The molecule has 3 aliphatic rings. The van der Waals surface area contributed by atoms with E-state index in [0.717, 1.165) is 0 Å². The number of carbonyl (C=O) groups is 2. The van der Waals surface area contributed by atoms with Crippen molar-refractivity contribution in [2.45, 2.75) is 38.2 Å². The molecule has 0 radical (unpaired) electrons. The van der Waals surface area contributed by atoms with Crippen LogP contribution in [0.3, 0.4) is 0 Å². The molecule has 0 aromatic rings. The van der Waals surface area contributed by atoms with Crippen molar-refractivity contribution in [3.05, 3.63) is 0 Å². The minimum Gasteiger partial charge on any atom is -0.481 e. The molecule has 0 aromatic carbocycles. The number of carboxylic acids is 1. The molecule has 0 unspecified atom stereocenters. The Kier molecular flexibility index (Phi) is 3.48. The van der Waals surface area contributed by atoms with Gasteiger partial charge in [0.1, 0.15) is 0 Å². The Hall–Kier alpha value is -1.10. The highest BCUT2D eigenvalue weighted by Crippen LogP contribution is 2.56. The van der Waals surface area contributed by atoms with Gasteiger partial charge in [-0.25, -0.2) is 0 Å². The van der Waals surface area contributed by atoms with E-state index < -0.39 is 5.97 Å². The largest absolute Gasteiger partial charge is 0.481 e. The molecule has 3 rings (SSSR count). The van der Waals surface area contributed by atoms with E-state index in [1.165, 1.54) is 25.7 Å². The van der Waals surface area contributed by atoms with Crippen molar-refractivity contribution >= 4 is 11.9 Å². The van der Waals surface area contributed by atoms with E-state index in [-0.39, 0.29) is 24.3 Å². The number of morpholine rings is 1. The molecule has 3 atom stereocenters. The van der Waals surface area contributed by atoms with E-state index in [1.54, 1.807) is 0 Å². The molecule has 3 fully saturated rings. The average molecular weight is 267 g/mol. The first-order chi connectivity index (χ1) is 9.16. The van der Waals surface area contributed by atoms with Gasteiger partial charge >= 0.3 is 5.97 Å². The summed E-state index contributed by atoms with van der Waals surface area (Å²) in [5.74, 6) is 0.838. The zero-order valence-corrected chi connectivity index (χ0v) is 11.1. The van der Waals surface area contributed by atoms with E-state index in [9.17, 15) is 9.59 Å². The van der Waals surface area contributed by atoms with Gasteiger partial charge in [-0.2, -0.15) is 0 Å². The second-order valence-corrected chi connectivity index (χ2v) is 6.01. The number of hydrogen-bond acceptors (Lipinski definition) is 3. The van der Waals surface area contributed by atoms with Gasteiger partial charge in [0.05, 0.1) is 19.1 Å². The fourth-order valence-electron chi connectivity index (χ4n) is 3.81. The van der Waals surface area contributed by atoms with Gasteiger partial charge in [-0.05, 0) is 24.7 Å². The molecule has 2 aliphatic carbocycles. The van der Waals surface area contributed by atoms with Crippen LogP contribution in [-0.4, -0.2) is 47.7 Å². The van der Waals surface area contributed by atoms with Gasteiger partial charge in [0.25, 0.3) is 0 Å². The highest BCUT2D eigenvalue weighted by Gasteiger charge is 2.56. The molecule has 1 aliphatic heterocycles. The Morgan fingerprint density at radius 1 is 1.21 bits per heavy atom. The highest BCUT2D eigenvalue weighted by atomic mass is 16.5. The van der Waals surface area contributed by atoms with Crippen LogP contribution in [0.4, 0.5) is 0 Å². The predicted octanol–water partition coefficient (Wildman–Crippen LogP) is 1.12. The molecule has 0 aromatic heterocycles. The van der Waals surface area contributed by atoms with Crippen LogP contribution in [0.15, 0.2) is 0 Å². The van der Waals surface area contributed by atoms with Crippen molar-refractivity contribution in [2.24, 2.45) is 17.8 Å². The minimum absolute atomic E-state index is 0.0126. The third-order valence-corrected chi connectivity index (χ3v) is 4.79. The number of ether oxygens (including phenoxy) is 1. The number of nitrogens with zero attached hydrogens (tertiary/aromatic N) is 1. The standard InChI is InChI=1S/C14H21NO4/c16-12(17)7-9-8-15(5-6-19-9)14(18)13-10-3-1-2-4-11(10)13/h9-11,13H,1-8H2,(H,16,17)/t9-,10+,11+/m1/s1. The van der Waals surface area contributed by atoms with Crippen molar-refractivity contribution < 1.29 is 19.4 Å². The predicted molar refractivity (Wildman–Crippen MR) is 67.5 cm³/mol. The topological polar surface area (TPSA) is 66.8 Å². The van der Waals surface area contributed by atoms with Crippen LogP contribution in [0, 0.1) is 17.8 Å². The zero-order chi connectivity index (χ0) is 13.4. The van der Waals surface area contributed by atoms with Crippen LogP contribution < -0.4 is 0 Å². The number of amides is 1. The maximum absolute atomic E-state index is 12.5. The van der Waals surface area contributed by atoms with Gasteiger partial charge in [-0.15, -0.1) is 0 Å². The molecule has 2 saturated carbocycles. The molecule has 0 bridgehead atoms. The van der Waals surface area contributed by atoms with E-state index >= 15 is 0 Å². The van der Waals surface area contributed by atoms with Gasteiger partial charge in [-0.3, -0.25) is 9.59 Å². The summed E-state index contributed by atoms with van der Waals surface area (Å²) in [6.45, 7) is 1.53. The molecule has 1 amide bonds. The number of fused-ring (bicyclic) bond motifs is 1. The summed E-state index contributed by atoms with van der Waals surface area (Å²) in [6.07, 6.45) is 4.57. The third-order valence-electron chi connectivity index (χ3n) is 4.79. The van der Waals surface area contributed by atoms with Crippen molar-refractivity contribution in [1.29, 1.82) is 0 Å². The van der Waals surface area contributed by atoms with Crippen LogP contribution in [0.1, 0.15) is 32.1 Å². The first-order valence-electron chi connectivity index (χ1n) is 7.29. The normalized spacial score (nSPS) is 37.6. The number of hydrogen-bond donors (Lipinski definition) is 1. The van der Waals surface area contributed by atoms with Gasteiger partial charge < -0.3 is 14.7 Å². The van der Waals surface area contributed by atoms with Crippen molar-refractivity contribution in [1.82, 2.24) is 4.90 Å². The van der Waals surface area contributed by atoms with Crippen LogP contribution in [-0.2, 0) is 14.3 Å². The summed E-state index contributed by atoms with van der Waals surface area (Å²) in [7, 11) is 0. The Morgan fingerprint density at radius 2 is 1.89 bits per heavy atom. The fourth-order valence-corrected chi connectivity index (χ4v) is 3.81. The first-order valence-corrected chi connectivity index (χ1v) is 7.29. The van der Waals surface area contributed by atoms with Crippen LogP contribution >= 0.6 is 0 Å². The lowest BCUT2D eigenvalue weighted by atomic mass is 10.0. The van der Waals surface area contributed by atoms with Crippen molar-refractivity contribution in [3.63, 3.8) is 0 Å². The Bertz CT molecular complexity index is 372. The molecule has 1 heterocycles. The molecule has 1 N–H and O–H groups in total. The van der Waals surface area contributed by atoms with Gasteiger partial charge in [0.2, 0.25) is 5.91 Å². The molecular weight excluding hydrogens is 246 g/mol. The number of aliphatic carboxylic acids is 1. The van der Waals surface area contributed by atoms with Crippen molar-refractivity contribution in [2.75, 3.05) is 19.7 Å².